The van der Waals surface area contributed by atoms with Gasteiger partial charge in [-0.3, -0.25) is 4.90 Å². The van der Waals surface area contributed by atoms with Crippen molar-refractivity contribution in [1.82, 2.24) is 4.90 Å². The fourth-order valence-electron chi connectivity index (χ4n) is 2.68. The summed E-state index contributed by atoms with van der Waals surface area (Å²) in [4.78, 5) is 2.63. The van der Waals surface area contributed by atoms with Crippen molar-refractivity contribution in [3.8, 4) is 0 Å². The third-order valence-electron chi connectivity index (χ3n) is 3.98. The molecular formula is C16H25BrN2. The Morgan fingerprint density at radius 2 is 2.16 bits per heavy atom. The van der Waals surface area contributed by atoms with E-state index < -0.39 is 0 Å². The van der Waals surface area contributed by atoms with Gasteiger partial charge in [0, 0.05) is 23.1 Å². The van der Waals surface area contributed by atoms with E-state index in [1.165, 1.54) is 47.8 Å². The summed E-state index contributed by atoms with van der Waals surface area (Å²) in [5.41, 5.74) is 8.74. The number of nitrogens with two attached hydrogens (primary N) is 1. The molecule has 1 atom stereocenters. The molecule has 1 aromatic rings. The number of hydrogen-bond donors (Lipinski definition) is 1. The summed E-state index contributed by atoms with van der Waals surface area (Å²) in [6.07, 6.45) is 5.20. The van der Waals surface area contributed by atoms with Gasteiger partial charge in [0.15, 0.2) is 0 Å². The minimum absolute atomic E-state index is 0.380. The Kier molecular flexibility index (Phi) is 5.43. The Labute approximate surface area is 125 Å². The lowest BCUT2D eigenvalue weighted by Crippen LogP contribution is -2.36. The van der Waals surface area contributed by atoms with Gasteiger partial charge < -0.3 is 5.73 Å². The van der Waals surface area contributed by atoms with Crippen molar-refractivity contribution in [2.45, 2.75) is 51.6 Å². The molecule has 0 aliphatic heterocycles. The Balaban J connectivity index is 2.17. The van der Waals surface area contributed by atoms with Crippen molar-refractivity contribution in [3.63, 3.8) is 0 Å². The molecule has 1 unspecified atom stereocenters. The molecule has 2 N–H and O–H groups in total. The first-order valence-electron chi connectivity index (χ1n) is 7.39. The highest BCUT2D eigenvalue weighted by atomic mass is 79.9. The van der Waals surface area contributed by atoms with E-state index in [9.17, 15) is 0 Å². The third-order valence-corrected chi connectivity index (χ3v) is 4.87. The van der Waals surface area contributed by atoms with Gasteiger partial charge in [-0.15, -0.1) is 0 Å². The van der Waals surface area contributed by atoms with Crippen molar-refractivity contribution in [1.29, 1.82) is 0 Å². The highest BCUT2D eigenvalue weighted by Gasteiger charge is 2.33. The van der Waals surface area contributed by atoms with Crippen LogP contribution in [-0.2, 0) is 0 Å². The van der Waals surface area contributed by atoms with Gasteiger partial charge in [0.2, 0.25) is 0 Å². The molecule has 0 spiro atoms. The van der Waals surface area contributed by atoms with E-state index in [0.717, 1.165) is 6.04 Å². The van der Waals surface area contributed by atoms with E-state index in [4.69, 9.17) is 5.73 Å². The molecule has 1 saturated carbocycles. The van der Waals surface area contributed by atoms with Crippen molar-refractivity contribution in [3.05, 3.63) is 33.8 Å². The molecule has 1 fully saturated rings. The number of hydrogen-bond acceptors (Lipinski definition) is 2. The van der Waals surface area contributed by atoms with Gasteiger partial charge in [0.05, 0.1) is 0 Å². The second-order valence-electron chi connectivity index (χ2n) is 5.58. The smallest absolute Gasteiger partial charge is 0.0473 e. The Bertz CT molecular complexity index is 415. The summed E-state index contributed by atoms with van der Waals surface area (Å²) in [6.45, 7) is 6.29. The van der Waals surface area contributed by atoms with Crippen LogP contribution in [0.4, 0.5) is 0 Å². The van der Waals surface area contributed by atoms with Crippen LogP contribution < -0.4 is 5.73 Å². The van der Waals surface area contributed by atoms with Gasteiger partial charge in [-0.1, -0.05) is 41.4 Å². The predicted molar refractivity (Wildman–Crippen MR) is 85.3 cm³/mol. The number of nitrogens with zero attached hydrogens (tertiary/aromatic N) is 1. The maximum Gasteiger partial charge on any atom is 0.0473 e. The molecule has 0 heterocycles. The number of unbranched alkanes of at least 4 members (excludes halogenated alkanes) is 1. The van der Waals surface area contributed by atoms with Crippen LogP contribution in [0, 0.1) is 6.92 Å². The fourth-order valence-corrected chi connectivity index (χ4v) is 2.92. The Hall–Kier alpha value is -0.380. The van der Waals surface area contributed by atoms with Crippen LogP contribution in [0.5, 0.6) is 0 Å². The Morgan fingerprint density at radius 1 is 1.42 bits per heavy atom. The van der Waals surface area contributed by atoms with Crippen LogP contribution in [0.1, 0.15) is 49.8 Å². The molecule has 19 heavy (non-hydrogen) atoms. The quantitative estimate of drug-likeness (QED) is 0.820. The zero-order chi connectivity index (χ0) is 13.8. The van der Waals surface area contributed by atoms with Gasteiger partial charge in [-0.25, -0.2) is 0 Å². The van der Waals surface area contributed by atoms with Crippen LogP contribution in [-0.4, -0.2) is 24.0 Å². The fraction of sp³-hybridized carbons (Fsp3) is 0.625. The molecule has 1 aliphatic carbocycles. The van der Waals surface area contributed by atoms with Crippen molar-refractivity contribution in [2.75, 3.05) is 13.1 Å². The normalized spacial score (nSPS) is 16.9. The van der Waals surface area contributed by atoms with Gasteiger partial charge >= 0.3 is 0 Å². The minimum Gasteiger partial charge on any atom is -0.329 e. The van der Waals surface area contributed by atoms with E-state index in [1.807, 2.05) is 0 Å². The summed E-state index contributed by atoms with van der Waals surface area (Å²) >= 11 is 3.58. The average molecular weight is 325 g/mol. The van der Waals surface area contributed by atoms with Gasteiger partial charge in [0.1, 0.15) is 0 Å². The van der Waals surface area contributed by atoms with Crippen molar-refractivity contribution < 1.29 is 0 Å². The van der Waals surface area contributed by atoms with Gasteiger partial charge in [-0.05, 0) is 49.9 Å². The molecule has 1 aliphatic rings. The summed E-state index contributed by atoms with van der Waals surface area (Å²) in [7, 11) is 0. The summed E-state index contributed by atoms with van der Waals surface area (Å²) < 4.78 is 1.18. The third kappa shape index (κ3) is 3.80. The average Bonchev–Trinajstić information content (AvgIpc) is 3.22. The van der Waals surface area contributed by atoms with E-state index in [-0.39, 0.29) is 0 Å². The van der Waals surface area contributed by atoms with Crippen LogP contribution in [0.15, 0.2) is 22.7 Å². The molecule has 0 amide bonds. The van der Waals surface area contributed by atoms with Crippen molar-refractivity contribution >= 4 is 15.9 Å². The number of aryl methyl sites for hydroxylation is 1. The molecule has 2 rings (SSSR count). The molecule has 0 aromatic heterocycles. The standard InChI is InChI=1S/C16H25BrN2/c1-3-4-9-19(14-6-7-14)16(11-18)13-5-8-15(17)12(2)10-13/h5,8,10,14,16H,3-4,6-7,9,11,18H2,1-2H3. The van der Waals surface area contributed by atoms with Crippen LogP contribution in [0.25, 0.3) is 0 Å². The topological polar surface area (TPSA) is 29.3 Å². The number of rotatable bonds is 7. The SMILES string of the molecule is CCCCN(C1CC1)C(CN)c1ccc(Br)c(C)c1. The second kappa shape index (κ2) is 6.87. The Morgan fingerprint density at radius 3 is 2.68 bits per heavy atom. The molecular weight excluding hydrogens is 300 g/mol. The van der Waals surface area contributed by atoms with E-state index >= 15 is 0 Å². The predicted octanol–water partition coefficient (Wildman–Crippen LogP) is 4.02. The molecule has 0 saturated heterocycles. The largest absolute Gasteiger partial charge is 0.329 e. The van der Waals surface area contributed by atoms with Gasteiger partial charge in [-0.2, -0.15) is 0 Å². The number of benzene rings is 1. The van der Waals surface area contributed by atoms with E-state index in [2.05, 4.69) is 52.9 Å². The van der Waals surface area contributed by atoms with Crippen LogP contribution in [0.3, 0.4) is 0 Å². The zero-order valence-corrected chi connectivity index (χ0v) is 13.6. The summed E-state index contributed by atoms with van der Waals surface area (Å²) in [6, 6.07) is 7.80. The molecule has 3 heteroatoms. The second-order valence-corrected chi connectivity index (χ2v) is 6.44. The van der Waals surface area contributed by atoms with E-state index in [1.54, 1.807) is 0 Å². The first-order chi connectivity index (χ1) is 9.17. The zero-order valence-electron chi connectivity index (χ0n) is 12.0. The summed E-state index contributed by atoms with van der Waals surface area (Å²) in [5, 5.41) is 0. The molecule has 1 aromatic carbocycles. The first-order valence-corrected chi connectivity index (χ1v) is 8.18. The molecule has 0 radical (unpaired) electrons. The first kappa shape index (κ1) is 15.0. The highest BCUT2D eigenvalue weighted by molar-refractivity contribution is 9.10. The maximum atomic E-state index is 6.08. The van der Waals surface area contributed by atoms with Crippen LogP contribution >= 0.6 is 15.9 Å². The summed E-state index contributed by atoms with van der Waals surface area (Å²) in [5.74, 6) is 0. The van der Waals surface area contributed by atoms with Crippen LogP contribution in [0.2, 0.25) is 0 Å². The minimum atomic E-state index is 0.380. The highest BCUT2D eigenvalue weighted by Crippen LogP contribution is 2.35. The van der Waals surface area contributed by atoms with E-state index in [0.29, 0.717) is 12.6 Å². The molecule has 2 nitrogen and oxygen atoms in total. The maximum absolute atomic E-state index is 6.08. The monoisotopic (exact) mass is 324 g/mol. The molecule has 0 bridgehead atoms. The lowest BCUT2D eigenvalue weighted by Gasteiger charge is -2.31. The lowest BCUT2D eigenvalue weighted by atomic mass is 10.0. The van der Waals surface area contributed by atoms with Gasteiger partial charge in [0.25, 0.3) is 0 Å². The van der Waals surface area contributed by atoms with Crippen molar-refractivity contribution in [2.24, 2.45) is 5.73 Å². The molecule has 106 valence electrons. The lowest BCUT2D eigenvalue weighted by molar-refractivity contribution is 0.188. The number of halogens is 1.